The monoisotopic (exact) mass is 341 g/mol. The van der Waals surface area contributed by atoms with Crippen molar-refractivity contribution in [1.82, 2.24) is 9.55 Å². The normalized spacial score (nSPS) is 13.3. The Morgan fingerprint density at radius 2 is 1.88 bits per heavy atom. The lowest BCUT2D eigenvalue weighted by atomic mass is 10.2. The van der Waals surface area contributed by atoms with Crippen molar-refractivity contribution in [2.24, 2.45) is 0 Å². The third-order valence-corrected chi connectivity index (χ3v) is 4.49. The third-order valence-electron chi connectivity index (χ3n) is 4.17. The van der Waals surface area contributed by atoms with Gasteiger partial charge in [-0.15, -0.1) is 0 Å². The minimum Gasteiger partial charge on any atom is -0.490 e. The summed E-state index contributed by atoms with van der Waals surface area (Å²) in [6.45, 7) is 2.53. The Balaban J connectivity index is 1.54. The molecule has 0 fully saturated rings. The summed E-state index contributed by atoms with van der Waals surface area (Å²) in [5, 5.41) is 1.26. The molecule has 2 heterocycles. The molecule has 6 heteroatoms. The molecule has 3 aromatic rings. The van der Waals surface area contributed by atoms with Crippen molar-refractivity contribution in [3.05, 3.63) is 63.9 Å². The van der Waals surface area contributed by atoms with E-state index in [-0.39, 0.29) is 5.56 Å². The van der Waals surface area contributed by atoms with Crippen molar-refractivity contribution in [3.63, 3.8) is 0 Å². The van der Waals surface area contributed by atoms with Crippen LogP contribution in [0.15, 0.2) is 53.3 Å². The van der Waals surface area contributed by atoms with Crippen LogP contribution in [0.5, 0.6) is 5.75 Å². The molecule has 0 spiro atoms. The molecule has 0 unspecified atom stereocenters. The van der Waals surface area contributed by atoms with Crippen LogP contribution in [0.25, 0.3) is 10.9 Å². The number of rotatable bonds is 4. The van der Waals surface area contributed by atoms with Gasteiger partial charge in [0.2, 0.25) is 5.95 Å². The number of benzene rings is 2. The highest BCUT2D eigenvalue weighted by Gasteiger charge is 2.22. The second kappa shape index (κ2) is 6.17. The van der Waals surface area contributed by atoms with E-state index >= 15 is 0 Å². The van der Waals surface area contributed by atoms with Gasteiger partial charge in [-0.05, 0) is 24.3 Å². The second-order valence-electron chi connectivity index (χ2n) is 5.65. The number of ether oxygens (including phenoxy) is 1. The number of fused-ring (bicyclic) bond motifs is 2. The first kappa shape index (κ1) is 15.0. The van der Waals surface area contributed by atoms with Crippen molar-refractivity contribution < 1.29 is 4.74 Å². The maximum absolute atomic E-state index is 12.6. The van der Waals surface area contributed by atoms with Crippen molar-refractivity contribution in [3.8, 4) is 5.75 Å². The number of aromatic nitrogens is 2. The molecule has 0 amide bonds. The summed E-state index contributed by atoms with van der Waals surface area (Å²) in [5.41, 5.74) is 0.748. The van der Waals surface area contributed by atoms with Crippen LogP contribution >= 0.6 is 11.6 Å². The third kappa shape index (κ3) is 2.61. The lowest BCUT2D eigenvalue weighted by Crippen LogP contribution is -2.27. The lowest BCUT2D eigenvalue weighted by molar-refractivity contribution is 0.324. The van der Waals surface area contributed by atoms with Gasteiger partial charge >= 0.3 is 0 Å². The van der Waals surface area contributed by atoms with E-state index in [9.17, 15) is 4.79 Å². The van der Waals surface area contributed by atoms with E-state index < -0.39 is 0 Å². The lowest BCUT2D eigenvalue weighted by Gasteiger charge is -2.18. The van der Waals surface area contributed by atoms with Crippen LogP contribution in [0.3, 0.4) is 0 Å². The average Bonchev–Trinajstić information content (AvgIpc) is 3.00. The van der Waals surface area contributed by atoms with E-state index in [1.54, 1.807) is 10.6 Å². The second-order valence-corrected chi connectivity index (χ2v) is 6.06. The Morgan fingerprint density at radius 1 is 1.08 bits per heavy atom. The van der Waals surface area contributed by atoms with Crippen molar-refractivity contribution in [2.75, 3.05) is 24.6 Å². The van der Waals surface area contributed by atoms with Gasteiger partial charge in [0.1, 0.15) is 12.4 Å². The van der Waals surface area contributed by atoms with Gasteiger partial charge in [-0.3, -0.25) is 9.36 Å². The van der Waals surface area contributed by atoms with E-state index in [4.69, 9.17) is 16.3 Å². The van der Waals surface area contributed by atoms with Crippen molar-refractivity contribution >= 4 is 28.5 Å². The molecular weight excluding hydrogens is 326 g/mol. The fourth-order valence-electron chi connectivity index (χ4n) is 2.96. The van der Waals surface area contributed by atoms with Crippen LogP contribution < -0.4 is 15.2 Å². The van der Waals surface area contributed by atoms with Crippen LogP contribution in [-0.4, -0.2) is 29.2 Å². The van der Waals surface area contributed by atoms with Gasteiger partial charge in [-0.25, -0.2) is 4.98 Å². The predicted molar refractivity (Wildman–Crippen MR) is 95.2 cm³/mol. The zero-order valence-electron chi connectivity index (χ0n) is 13.0. The molecule has 1 aromatic heterocycles. The molecule has 1 aliphatic heterocycles. The predicted octanol–water partition coefficient (Wildman–Crippen LogP) is 2.95. The molecule has 0 atom stereocenters. The SMILES string of the molecule is O=c1c2ccccc2nc2n1CCN2CCOc1ccccc1Cl. The number of hydrogen-bond acceptors (Lipinski definition) is 4. The Hall–Kier alpha value is -2.53. The Kier molecular flexibility index (Phi) is 3.86. The molecule has 5 nitrogen and oxygen atoms in total. The Morgan fingerprint density at radius 3 is 2.75 bits per heavy atom. The molecule has 0 N–H and O–H groups in total. The van der Waals surface area contributed by atoms with E-state index in [1.165, 1.54) is 0 Å². The average molecular weight is 342 g/mol. The standard InChI is InChI=1S/C18H16ClN3O2/c19-14-6-2-4-8-16(14)24-12-11-21-9-10-22-17(23)13-5-1-3-7-15(13)20-18(21)22/h1-8H,9-12H2. The van der Waals surface area contributed by atoms with Crippen LogP contribution in [-0.2, 0) is 6.54 Å². The van der Waals surface area contributed by atoms with E-state index in [0.717, 1.165) is 12.1 Å². The fourth-order valence-corrected chi connectivity index (χ4v) is 3.15. The highest BCUT2D eigenvalue weighted by Crippen LogP contribution is 2.24. The first-order valence-electron chi connectivity index (χ1n) is 7.86. The highest BCUT2D eigenvalue weighted by atomic mass is 35.5. The minimum atomic E-state index is 0.0186. The quantitative estimate of drug-likeness (QED) is 0.732. The van der Waals surface area contributed by atoms with Crippen molar-refractivity contribution in [2.45, 2.75) is 6.54 Å². The smallest absolute Gasteiger partial charge is 0.262 e. The molecule has 0 aliphatic carbocycles. The molecule has 0 saturated carbocycles. The summed E-state index contributed by atoms with van der Waals surface area (Å²) in [4.78, 5) is 19.3. The Labute approximate surface area is 144 Å². The molecule has 4 rings (SSSR count). The topological polar surface area (TPSA) is 47.4 Å². The molecule has 0 radical (unpaired) electrons. The number of nitrogens with zero attached hydrogens (tertiary/aromatic N) is 3. The number of anilines is 1. The molecule has 2 aromatic carbocycles. The molecule has 0 bridgehead atoms. The van der Waals surface area contributed by atoms with E-state index in [1.807, 2.05) is 42.5 Å². The first-order chi connectivity index (χ1) is 11.7. The van der Waals surface area contributed by atoms with Gasteiger partial charge in [-0.2, -0.15) is 0 Å². The zero-order valence-corrected chi connectivity index (χ0v) is 13.7. The first-order valence-corrected chi connectivity index (χ1v) is 8.24. The molecule has 24 heavy (non-hydrogen) atoms. The maximum Gasteiger partial charge on any atom is 0.262 e. The van der Waals surface area contributed by atoms with Gasteiger partial charge in [0.15, 0.2) is 0 Å². The van der Waals surface area contributed by atoms with Gasteiger partial charge in [0, 0.05) is 13.1 Å². The van der Waals surface area contributed by atoms with Gasteiger partial charge in [0.25, 0.3) is 5.56 Å². The molecule has 1 aliphatic rings. The fraction of sp³-hybridized carbons (Fsp3) is 0.222. The van der Waals surface area contributed by atoms with Gasteiger partial charge in [0.05, 0.1) is 22.5 Å². The molecule has 0 saturated heterocycles. The van der Waals surface area contributed by atoms with E-state index in [2.05, 4.69) is 9.88 Å². The minimum absolute atomic E-state index is 0.0186. The van der Waals surface area contributed by atoms with Gasteiger partial charge in [-0.1, -0.05) is 35.9 Å². The summed E-state index contributed by atoms with van der Waals surface area (Å²) in [6.07, 6.45) is 0. The summed E-state index contributed by atoms with van der Waals surface area (Å²) in [6, 6.07) is 14.8. The number of para-hydroxylation sites is 2. The highest BCUT2D eigenvalue weighted by molar-refractivity contribution is 6.32. The zero-order chi connectivity index (χ0) is 16.5. The van der Waals surface area contributed by atoms with Crippen LogP contribution in [0, 0.1) is 0 Å². The largest absolute Gasteiger partial charge is 0.490 e. The summed E-state index contributed by atoms with van der Waals surface area (Å²) >= 11 is 6.09. The molecule has 122 valence electrons. The maximum atomic E-state index is 12.6. The summed E-state index contributed by atoms with van der Waals surface area (Å²) in [7, 11) is 0. The van der Waals surface area contributed by atoms with Crippen LogP contribution in [0.2, 0.25) is 5.02 Å². The summed E-state index contributed by atoms with van der Waals surface area (Å²) in [5.74, 6) is 1.38. The van der Waals surface area contributed by atoms with E-state index in [0.29, 0.717) is 41.8 Å². The van der Waals surface area contributed by atoms with Crippen molar-refractivity contribution in [1.29, 1.82) is 0 Å². The summed E-state index contributed by atoms with van der Waals surface area (Å²) < 4.78 is 7.48. The Bertz CT molecular complexity index is 954. The number of hydrogen-bond donors (Lipinski definition) is 0. The van der Waals surface area contributed by atoms with Crippen LogP contribution in [0.4, 0.5) is 5.95 Å². The molecular formula is C18H16ClN3O2. The van der Waals surface area contributed by atoms with Crippen LogP contribution in [0.1, 0.15) is 0 Å². The number of halogens is 1. The van der Waals surface area contributed by atoms with Gasteiger partial charge < -0.3 is 9.64 Å².